The third kappa shape index (κ3) is 4.39. The Labute approximate surface area is 193 Å². The second-order valence-electron chi connectivity index (χ2n) is 8.95. The lowest BCUT2D eigenvalue weighted by Gasteiger charge is -2.44. The molecule has 2 unspecified atom stereocenters. The number of hydrogen-bond acceptors (Lipinski definition) is 4. The van der Waals surface area contributed by atoms with Gasteiger partial charge in [0.05, 0.1) is 10.4 Å². The number of allylic oxidation sites excluding steroid dienone is 4. The fraction of sp³-hybridized carbons (Fsp3) is 0.440. The second kappa shape index (κ2) is 8.23. The Morgan fingerprint density at radius 1 is 1.16 bits per heavy atom. The molecule has 0 amide bonds. The summed E-state index contributed by atoms with van der Waals surface area (Å²) in [6.45, 7) is 10.3. The molecule has 4 nitrogen and oxygen atoms in total. The van der Waals surface area contributed by atoms with Crippen LogP contribution in [-0.2, 0) is 19.1 Å². The van der Waals surface area contributed by atoms with Gasteiger partial charge in [-0.05, 0) is 51.3 Å². The summed E-state index contributed by atoms with van der Waals surface area (Å²) in [7, 11) is 0. The van der Waals surface area contributed by atoms with Crippen LogP contribution in [0.5, 0.6) is 0 Å². The van der Waals surface area contributed by atoms with E-state index in [1.165, 1.54) is 6.92 Å². The highest BCUT2D eigenvalue weighted by atomic mass is 35.5. The van der Waals surface area contributed by atoms with Crippen LogP contribution in [0.25, 0.3) is 0 Å². The predicted molar refractivity (Wildman–Crippen MR) is 123 cm³/mol. The summed E-state index contributed by atoms with van der Waals surface area (Å²) in [6.07, 6.45) is 6.39. The summed E-state index contributed by atoms with van der Waals surface area (Å²) in [5.74, 6) is -0.804. The van der Waals surface area contributed by atoms with Crippen molar-refractivity contribution in [3.63, 3.8) is 0 Å². The van der Waals surface area contributed by atoms with Gasteiger partial charge in [-0.1, -0.05) is 55.0 Å². The molecule has 2 atom stereocenters. The molecule has 0 saturated heterocycles. The van der Waals surface area contributed by atoms with E-state index in [0.29, 0.717) is 22.6 Å². The third-order valence-corrected chi connectivity index (χ3v) is 6.65. The molecule has 0 aromatic heterocycles. The van der Waals surface area contributed by atoms with Crippen LogP contribution in [0.2, 0.25) is 5.02 Å². The number of Topliss-reactive ketones (excluding diaryl/α,β-unsaturated/α-hetero) is 1. The summed E-state index contributed by atoms with van der Waals surface area (Å²) >= 11 is 13.5. The quantitative estimate of drug-likeness (QED) is 0.300. The molecule has 1 aromatic carbocycles. The Morgan fingerprint density at radius 3 is 2.39 bits per heavy atom. The highest BCUT2D eigenvalue weighted by Gasteiger charge is 2.51. The molecule has 0 saturated carbocycles. The van der Waals surface area contributed by atoms with Gasteiger partial charge in [0.2, 0.25) is 0 Å². The van der Waals surface area contributed by atoms with Crippen LogP contribution in [0.1, 0.15) is 59.4 Å². The van der Waals surface area contributed by atoms with E-state index in [1.54, 1.807) is 27.7 Å². The number of halogens is 2. The number of carbonyl (C=O) groups is 2. The topological polar surface area (TPSA) is 52.6 Å². The number of carbonyl (C=O) groups excluding carboxylic acids is 2. The lowest BCUT2D eigenvalue weighted by atomic mass is 9.74. The number of benzene rings is 1. The van der Waals surface area contributed by atoms with Crippen molar-refractivity contribution in [1.29, 1.82) is 0 Å². The van der Waals surface area contributed by atoms with Crippen molar-refractivity contribution in [1.82, 2.24) is 0 Å². The fourth-order valence-corrected chi connectivity index (χ4v) is 4.75. The first-order valence-electron chi connectivity index (χ1n) is 10.4. The van der Waals surface area contributed by atoms with Crippen LogP contribution in [0, 0.1) is 0 Å². The smallest absolute Gasteiger partial charge is 0.307 e. The monoisotopic (exact) mass is 462 g/mol. The Morgan fingerprint density at radius 2 is 1.81 bits per heavy atom. The van der Waals surface area contributed by atoms with E-state index in [9.17, 15) is 9.59 Å². The molecule has 6 heteroatoms. The van der Waals surface area contributed by atoms with Gasteiger partial charge in [0.25, 0.3) is 0 Å². The molecule has 166 valence electrons. The molecule has 0 spiro atoms. The predicted octanol–water partition coefficient (Wildman–Crippen LogP) is 6.28. The van der Waals surface area contributed by atoms with Gasteiger partial charge in [-0.15, -0.1) is 11.6 Å². The van der Waals surface area contributed by atoms with Crippen LogP contribution >= 0.6 is 23.2 Å². The van der Waals surface area contributed by atoms with Gasteiger partial charge in [0.15, 0.2) is 11.5 Å². The summed E-state index contributed by atoms with van der Waals surface area (Å²) in [5, 5.41) is 0.625. The van der Waals surface area contributed by atoms with Crippen LogP contribution in [-0.4, -0.2) is 27.8 Å². The molecule has 1 aliphatic heterocycles. The largest absolute Gasteiger partial charge is 0.427 e. The van der Waals surface area contributed by atoms with Crippen molar-refractivity contribution in [3.8, 4) is 0 Å². The van der Waals surface area contributed by atoms with Gasteiger partial charge in [0.1, 0.15) is 11.2 Å². The van der Waals surface area contributed by atoms with E-state index >= 15 is 0 Å². The maximum absolute atomic E-state index is 13.6. The molecule has 1 aliphatic carbocycles. The number of ether oxygens (including phenoxy) is 2. The molecule has 1 aromatic rings. The van der Waals surface area contributed by atoms with Gasteiger partial charge < -0.3 is 9.47 Å². The molecule has 3 rings (SSSR count). The first-order chi connectivity index (χ1) is 14.3. The van der Waals surface area contributed by atoms with E-state index in [0.717, 1.165) is 5.56 Å². The van der Waals surface area contributed by atoms with Gasteiger partial charge in [0, 0.05) is 17.9 Å². The molecular formula is C25H28Cl2O4. The Kier molecular flexibility index (Phi) is 6.31. The van der Waals surface area contributed by atoms with Crippen molar-refractivity contribution in [2.75, 3.05) is 0 Å². The molecule has 0 N–H and O–H groups in total. The molecule has 1 heterocycles. The highest BCUT2D eigenvalue weighted by Crippen LogP contribution is 2.48. The van der Waals surface area contributed by atoms with E-state index in [2.05, 4.69) is 0 Å². The standard InChI is InChI=1S/C25H28Cl2O4/c1-7-25(27)13-12-16(17-10-8-9-11-19(17)26)14-18(25)20-21(29)23(3,4)31-24(5,6)22(20)30-15(2)28/h8-14,16H,7H2,1-6H3. The Hall–Kier alpha value is -1.88. The molecule has 0 fully saturated rings. The normalized spacial score (nSPS) is 27.2. The zero-order valence-electron chi connectivity index (χ0n) is 18.7. The lowest BCUT2D eigenvalue weighted by Crippen LogP contribution is -2.52. The minimum absolute atomic E-state index is 0.183. The van der Waals surface area contributed by atoms with Crippen molar-refractivity contribution in [2.45, 2.75) is 70.0 Å². The average molecular weight is 463 g/mol. The van der Waals surface area contributed by atoms with Crippen LogP contribution in [0.4, 0.5) is 0 Å². The summed E-state index contributed by atoms with van der Waals surface area (Å²) in [6, 6.07) is 7.56. The number of ketones is 1. The van der Waals surface area contributed by atoms with Crippen molar-refractivity contribution >= 4 is 35.0 Å². The van der Waals surface area contributed by atoms with E-state index in [4.69, 9.17) is 32.7 Å². The van der Waals surface area contributed by atoms with Crippen molar-refractivity contribution < 1.29 is 19.1 Å². The Balaban J connectivity index is 2.31. The van der Waals surface area contributed by atoms with Gasteiger partial charge in [-0.25, -0.2) is 0 Å². The van der Waals surface area contributed by atoms with E-state index in [-0.39, 0.29) is 17.5 Å². The number of hydrogen-bond donors (Lipinski definition) is 0. The third-order valence-electron chi connectivity index (χ3n) is 5.71. The van der Waals surface area contributed by atoms with Crippen LogP contribution in [0.15, 0.2) is 59.4 Å². The van der Waals surface area contributed by atoms with Crippen LogP contribution in [0.3, 0.4) is 0 Å². The SMILES string of the molecule is CCC1(Cl)C=CC(c2ccccc2Cl)C=C1C1=C(OC(C)=O)C(C)(C)OC(C)(C)C1=O. The number of esters is 1. The molecule has 31 heavy (non-hydrogen) atoms. The highest BCUT2D eigenvalue weighted by molar-refractivity contribution is 6.31. The zero-order chi connectivity index (χ0) is 23.2. The number of alkyl halides is 1. The molecule has 0 bridgehead atoms. The lowest BCUT2D eigenvalue weighted by molar-refractivity contribution is -0.168. The molecule has 0 radical (unpaired) electrons. The van der Waals surface area contributed by atoms with Gasteiger partial charge >= 0.3 is 5.97 Å². The minimum Gasteiger partial charge on any atom is -0.427 e. The first-order valence-corrected chi connectivity index (χ1v) is 11.1. The van der Waals surface area contributed by atoms with E-state index in [1.807, 2.05) is 49.4 Å². The van der Waals surface area contributed by atoms with E-state index < -0.39 is 22.0 Å². The van der Waals surface area contributed by atoms with Crippen LogP contribution < -0.4 is 0 Å². The van der Waals surface area contributed by atoms with Crippen molar-refractivity contribution in [2.24, 2.45) is 0 Å². The van der Waals surface area contributed by atoms with Gasteiger partial charge in [-0.3, -0.25) is 9.59 Å². The maximum atomic E-state index is 13.6. The zero-order valence-corrected chi connectivity index (χ0v) is 20.2. The molecule has 2 aliphatic rings. The average Bonchev–Trinajstić information content (AvgIpc) is 2.67. The fourth-order valence-electron chi connectivity index (χ4n) is 4.26. The second-order valence-corrected chi connectivity index (χ2v) is 10.0. The summed E-state index contributed by atoms with van der Waals surface area (Å²) in [4.78, 5) is 24.6. The van der Waals surface area contributed by atoms with Gasteiger partial charge in [-0.2, -0.15) is 0 Å². The summed E-state index contributed by atoms with van der Waals surface area (Å²) < 4.78 is 11.6. The minimum atomic E-state index is -1.12. The molecular weight excluding hydrogens is 435 g/mol. The first kappa shape index (κ1) is 23.8. The number of rotatable bonds is 4. The Bertz CT molecular complexity index is 1020. The van der Waals surface area contributed by atoms with Crippen molar-refractivity contribution in [3.05, 3.63) is 70.0 Å². The maximum Gasteiger partial charge on any atom is 0.307 e. The summed E-state index contributed by atoms with van der Waals surface area (Å²) in [5.41, 5.74) is -0.313.